The SMILES string of the molecule is CC(=O)NC1(c2nc(C)no2)CCN(c2cccc(Cl)c2C#N)C1. The van der Waals surface area contributed by atoms with Gasteiger partial charge in [0.1, 0.15) is 11.6 Å². The average molecular weight is 346 g/mol. The highest BCUT2D eigenvalue weighted by Crippen LogP contribution is 2.36. The summed E-state index contributed by atoms with van der Waals surface area (Å²) in [7, 11) is 0. The summed E-state index contributed by atoms with van der Waals surface area (Å²) in [5.74, 6) is 0.700. The maximum absolute atomic E-state index is 11.7. The number of nitriles is 1. The molecule has 1 N–H and O–H groups in total. The summed E-state index contributed by atoms with van der Waals surface area (Å²) in [4.78, 5) is 18.0. The van der Waals surface area contributed by atoms with E-state index in [2.05, 4.69) is 21.5 Å². The number of aryl methyl sites for hydroxylation is 1. The monoisotopic (exact) mass is 345 g/mol. The standard InChI is InChI=1S/C16H16ClN5O2/c1-10-19-15(24-21-10)16(20-11(2)23)6-7-22(9-16)14-5-3-4-13(17)12(14)8-18/h3-5H,6-7,9H2,1-2H3,(H,20,23). The molecule has 1 aromatic heterocycles. The third-order valence-corrected chi connectivity index (χ3v) is 4.38. The molecular weight excluding hydrogens is 330 g/mol. The van der Waals surface area contributed by atoms with Crippen molar-refractivity contribution in [3.63, 3.8) is 0 Å². The molecule has 0 saturated carbocycles. The van der Waals surface area contributed by atoms with Crippen molar-refractivity contribution in [3.05, 3.63) is 40.5 Å². The number of rotatable bonds is 3. The number of anilines is 1. The van der Waals surface area contributed by atoms with Crippen molar-refractivity contribution in [2.75, 3.05) is 18.0 Å². The van der Waals surface area contributed by atoms with Crippen molar-refractivity contribution in [2.45, 2.75) is 25.8 Å². The summed E-state index contributed by atoms with van der Waals surface area (Å²) >= 11 is 6.12. The minimum atomic E-state index is -0.776. The number of aromatic nitrogens is 2. The molecule has 24 heavy (non-hydrogen) atoms. The van der Waals surface area contributed by atoms with E-state index in [9.17, 15) is 10.1 Å². The highest BCUT2D eigenvalue weighted by Gasteiger charge is 2.45. The number of nitrogens with one attached hydrogen (secondary N) is 1. The zero-order valence-corrected chi connectivity index (χ0v) is 14.1. The molecule has 0 aliphatic carbocycles. The van der Waals surface area contributed by atoms with Crippen LogP contribution in [0.1, 0.15) is 30.6 Å². The lowest BCUT2D eigenvalue weighted by Crippen LogP contribution is -2.47. The summed E-state index contributed by atoms with van der Waals surface area (Å²) in [6.07, 6.45) is 0.589. The molecule has 8 heteroatoms. The van der Waals surface area contributed by atoms with E-state index < -0.39 is 5.54 Å². The Morgan fingerprint density at radius 2 is 2.33 bits per heavy atom. The number of amides is 1. The molecule has 0 bridgehead atoms. The molecule has 0 spiro atoms. The van der Waals surface area contributed by atoms with Crippen molar-refractivity contribution in [1.29, 1.82) is 5.26 Å². The van der Waals surface area contributed by atoms with E-state index in [1.807, 2.05) is 11.0 Å². The van der Waals surface area contributed by atoms with Gasteiger partial charge in [0, 0.05) is 13.5 Å². The van der Waals surface area contributed by atoms with Crippen LogP contribution in [0.3, 0.4) is 0 Å². The molecule has 2 aromatic rings. The number of carbonyl (C=O) groups is 1. The molecule has 1 unspecified atom stereocenters. The van der Waals surface area contributed by atoms with Crippen molar-refractivity contribution >= 4 is 23.2 Å². The molecule has 7 nitrogen and oxygen atoms in total. The second kappa shape index (κ2) is 6.13. The summed E-state index contributed by atoms with van der Waals surface area (Å²) in [5, 5.41) is 16.6. The summed E-state index contributed by atoms with van der Waals surface area (Å²) in [6.45, 7) is 4.22. The van der Waals surface area contributed by atoms with Crippen LogP contribution >= 0.6 is 11.6 Å². The van der Waals surface area contributed by atoms with Gasteiger partial charge in [0.25, 0.3) is 5.89 Å². The first-order valence-corrected chi connectivity index (χ1v) is 7.86. The van der Waals surface area contributed by atoms with E-state index >= 15 is 0 Å². The number of hydrogen-bond acceptors (Lipinski definition) is 6. The van der Waals surface area contributed by atoms with Gasteiger partial charge in [-0.25, -0.2) is 0 Å². The maximum Gasteiger partial charge on any atom is 0.254 e. The highest BCUT2D eigenvalue weighted by molar-refractivity contribution is 6.32. The lowest BCUT2D eigenvalue weighted by Gasteiger charge is -2.27. The lowest BCUT2D eigenvalue weighted by atomic mass is 9.98. The van der Waals surface area contributed by atoms with Crippen LogP contribution < -0.4 is 10.2 Å². The molecule has 1 saturated heterocycles. The average Bonchev–Trinajstić information content (AvgIpc) is 3.14. The smallest absolute Gasteiger partial charge is 0.254 e. The number of nitrogens with zero attached hydrogens (tertiary/aromatic N) is 4. The summed E-state index contributed by atoms with van der Waals surface area (Å²) < 4.78 is 5.32. The van der Waals surface area contributed by atoms with Gasteiger partial charge in [0.05, 0.1) is 22.8 Å². The van der Waals surface area contributed by atoms with Crippen molar-refractivity contribution in [1.82, 2.24) is 15.5 Å². The van der Waals surface area contributed by atoms with Crippen LogP contribution in [-0.4, -0.2) is 29.1 Å². The first-order valence-electron chi connectivity index (χ1n) is 7.48. The van der Waals surface area contributed by atoms with Crippen molar-refractivity contribution in [3.8, 4) is 6.07 Å². The third kappa shape index (κ3) is 2.81. The maximum atomic E-state index is 11.7. The Kier molecular flexibility index (Phi) is 4.16. The third-order valence-electron chi connectivity index (χ3n) is 4.07. The number of carbonyl (C=O) groups excluding carboxylic acids is 1. The van der Waals surface area contributed by atoms with Crippen LogP contribution in [0, 0.1) is 18.3 Å². The molecule has 1 fully saturated rings. The van der Waals surface area contributed by atoms with Gasteiger partial charge in [-0.15, -0.1) is 0 Å². The van der Waals surface area contributed by atoms with Gasteiger partial charge in [-0.05, 0) is 25.5 Å². The molecule has 1 aliphatic rings. The zero-order valence-electron chi connectivity index (χ0n) is 13.3. The van der Waals surface area contributed by atoms with Crippen LogP contribution in [0.2, 0.25) is 5.02 Å². The van der Waals surface area contributed by atoms with Crippen LogP contribution in [0.25, 0.3) is 0 Å². The molecule has 3 rings (SSSR count). The van der Waals surface area contributed by atoms with Crippen LogP contribution in [0.4, 0.5) is 5.69 Å². The predicted molar refractivity (Wildman–Crippen MR) is 87.5 cm³/mol. The van der Waals surface area contributed by atoms with Gasteiger partial charge in [-0.3, -0.25) is 4.79 Å². The van der Waals surface area contributed by atoms with E-state index in [1.165, 1.54) is 6.92 Å². The van der Waals surface area contributed by atoms with E-state index in [0.29, 0.717) is 41.8 Å². The summed E-state index contributed by atoms with van der Waals surface area (Å²) in [6, 6.07) is 7.46. The molecule has 0 radical (unpaired) electrons. The molecule has 2 heterocycles. The van der Waals surface area contributed by atoms with E-state index in [0.717, 1.165) is 5.69 Å². The van der Waals surface area contributed by atoms with E-state index in [4.69, 9.17) is 16.1 Å². The minimum Gasteiger partial charge on any atom is -0.367 e. The number of halogens is 1. The van der Waals surface area contributed by atoms with Crippen molar-refractivity contribution in [2.24, 2.45) is 0 Å². The zero-order chi connectivity index (χ0) is 17.3. The molecular formula is C16H16ClN5O2. The Morgan fingerprint density at radius 3 is 2.96 bits per heavy atom. The summed E-state index contributed by atoms with van der Waals surface area (Å²) in [5.41, 5.74) is 0.371. The lowest BCUT2D eigenvalue weighted by molar-refractivity contribution is -0.121. The minimum absolute atomic E-state index is 0.181. The molecule has 1 amide bonds. The van der Waals surface area contributed by atoms with Gasteiger partial charge in [0.2, 0.25) is 5.91 Å². The van der Waals surface area contributed by atoms with Gasteiger partial charge >= 0.3 is 0 Å². The van der Waals surface area contributed by atoms with Crippen LogP contribution in [0.15, 0.2) is 22.7 Å². The Labute approximate surface area is 144 Å². The normalized spacial score (nSPS) is 20.0. The van der Waals surface area contributed by atoms with Gasteiger partial charge in [-0.1, -0.05) is 22.8 Å². The topological polar surface area (TPSA) is 95.1 Å². The molecule has 1 atom stereocenters. The second-order valence-electron chi connectivity index (χ2n) is 5.83. The Morgan fingerprint density at radius 1 is 1.54 bits per heavy atom. The second-order valence-corrected chi connectivity index (χ2v) is 6.23. The van der Waals surface area contributed by atoms with Gasteiger partial charge in [0.15, 0.2) is 5.82 Å². The number of benzene rings is 1. The fourth-order valence-electron chi connectivity index (χ4n) is 3.06. The largest absolute Gasteiger partial charge is 0.367 e. The van der Waals surface area contributed by atoms with Crippen LogP contribution in [0.5, 0.6) is 0 Å². The quantitative estimate of drug-likeness (QED) is 0.915. The Hall–Kier alpha value is -2.59. The highest BCUT2D eigenvalue weighted by atomic mass is 35.5. The van der Waals surface area contributed by atoms with Gasteiger partial charge in [-0.2, -0.15) is 10.2 Å². The Bertz CT molecular complexity index is 828. The van der Waals surface area contributed by atoms with Crippen molar-refractivity contribution < 1.29 is 9.32 Å². The van der Waals surface area contributed by atoms with Gasteiger partial charge < -0.3 is 14.7 Å². The molecule has 1 aliphatic heterocycles. The van der Waals surface area contributed by atoms with E-state index in [-0.39, 0.29) is 5.91 Å². The fraction of sp³-hybridized carbons (Fsp3) is 0.375. The molecule has 1 aromatic carbocycles. The molecule has 124 valence electrons. The first kappa shape index (κ1) is 16.3. The number of hydrogen-bond donors (Lipinski definition) is 1. The Balaban J connectivity index is 1.98. The van der Waals surface area contributed by atoms with E-state index in [1.54, 1.807) is 19.1 Å². The van der Waals surface area contributed by atoms with Crippen LogP contribution in [-0.2, 0) is 10.3 Å². The fourth-order valence-corrected chi connectivity index (χ4v) is 3.27. The predicted octanol–water partition coefficient (Wildman–Crippen LogP) is 2.14. The first-order chi connectivity index (χ1) is 11.4.